The lowest BCUT2D eigenvalue weighted by atomic mass is 10.2. The van der Waals surface area contributed by atoms with E-state index in [9.17, 15) is 9.59 Å². The molecule has 106 valence electrons. The van der Waals surface area contributed by atoms with Gasteiger partial charge in [-0.1, -0.05) is 18.2 Å². The zero-order chi connectivity index (χ0) is 14.3. The van der Waals surface area contributed by atoms with Gasteiger partial charge in [-0.05, 0) is 26.0 Å². The van der Waals surface area contributed by atoms with Crippen molar-refractivity contribution in [2.75, 3.05) is 0 Å². The molecular weight excluding hydrogens is 264 g/mol. The molecule has 2 aliphatic heterocycles. The Balaban J connectivity index is 1.74. The molecule has 2 fully saturated rings. The van der Waals surface area contributed by atoms with E-state index in [-0.39, 0.29) is 0 Å². The van der Waals surface area contributed by atoms with Crippen LogP contribution < -0.4 is 0 Å². The van der Waals surface area contributed by atoms with Crippen LogP contribution in [0.25, 0.3) is 0 Å². The van der Waals surface area contributed by atoms with Crippen LogP contribution in [0, 0.1) is 0 Å². The summed E-state index contributed by atoms with van der Waals surface area (Å²) in [5.74, 6) is -2.12. The van der Waals surface area contributed by atoms with Gasteiger partial charge in [0, 0.05) is 0 Å². The third-order valence-corrected chi connectivity index (χ3v) is 3.09. The Bertz CT molecular complexity index is 538. The topological polar surface area (TPSA) is 71.1 Å². The summed E-state index contributed by atoms with van der Waals surface area (Å²) in [6, 6.07) is 8.43. The van der Waals surface area contributed by atoms with Gasteiger partial charge in [-0.15, -0.1) is 0 Å². The summed E-state index contributed by atoms with van der Waals surface area (Å²) in [5.41, 5.74) is 0.363. The first-order valence-electron chi connectivity index (χ1n) is 6.28. The minimum absolute atomic E-state index is 0.363. The SMILES string of the molecule is CC1(C)O[C@H]2OC(=O)[C@H](OC(=O)c3ccccc3)[C@H]2O1. The lowest BCUT2D eigenvalue weighted by Crippen LogP contribution is -2.36. The quantitative estimate of drug-likeness (QED) is 0.758. The monoisotopic (exact) mass is 278 g/mol. The lowest BCUT2D eigenvalue weighted by molar-refractivity contribution is -0.204. The number of esters is 2. The first-order chi connectivity index (χ1) is 9.46. The second-order valence-corrected chi connectivity index (χ2v) is 5.10. The average molecular weight is 278 g/mol. The summed E-state index contributed by atoms with van der Waals surface area (Å²) in [4.78, 5) is 23.7. The van der Waals surface area contributed by atoms with Crippen LogP contribution >= 0.6 is 0 Å². The summed E-state index contributed by atoms with van der Waals surface area (Å²) in [6.07, 6.45) is -2.66. The van der Waals surface area contributed by atoms with Gasteiger partial charge in [-0.3, -0.25) is 0 Å². The third-order valence-electron chi connectivity index (χ3n) is 3.09. The number of ether oxygens (including phenoxy) is 4. The van der Waals surface area contributed by atoms with Crippen LogP contribution in [0.15, 0.2) is 30.3 Å². The minimum Gasteiger partial charge on any atom is -0.444 e. The van der Waals surface area contributed by atoms with E-state index in [1.54, 1.807) is 44.2 Å². The van der Waals surface area contributed by atoms with Crippen molar-refractivity contribution in [2.24, 2.45) is 0 Å². The van der Waals surface area contributed by atoms with E-state index in [1.165, 1.54) is 0 Å². The highest BCUT2D eigenvalue weighted by atomic mass is 16.8. The maximum absolute atomic E-state index is 12.0. The van der Waals surface area contributed by atoms with Crippen LogP contribution in [0.2, 0.25) is 0 Å². The Kier molecular flexibility index (Phi) is 2.99. The van der Waals surface area contributed by atoms with E-state index in [1.807, 2.05) is 0 Å². The number of rotatable bonds is 2. The second kappa shape index (κ2) is 4.57. The number of carbonyl (C=O) groups is 2. The highest BCUT2D eigenvalue weighted by Gasteiger charge is 2.57. The summed E-state index contributed by atoms with van der Waals surface area (Å²) in [5, 5.41) is 0. The molecule has 0 aliphatic carbocycles. The molecule has 3 rings (SSSR count). The molecule has 1 aromatic carbocycles. The van der Waals surface area contributed by atoms with Gasteiger partial charge in [0.15, 0.2) is 11.9 Å². The van der Waals surface area contributed by atoms with E-state index in [0.717, 1.165) is 0 Å². The fourth-order valence-corrected chi connectivity index (χ4v) is 2.24. The van der Waals surface area contributed by atoms with Crippen LogP contribution in [0.4, 0.5) is 0 Å². The molecule has 2 saturated heterocycles. The predicted octanol–water partition coefficient (Wildman–Crippen LogP) is 1.25. The van der Waals surface area contributed by atoms with Gasteiger partial charge < -0.3 is 18.9 Å². The number of hydrogen-bond acceptors (Lipinski definition) is 6. The zero-order valence-corrected chi connectivity index (χ0v) is 11.1. The van der Waals surface area contributed by atoms with Crippen molar-refractivity contribution in [2.45, 2.75) is 38.1 Å². The summed E-state index contributed by atoms with van der Waals surface area (Å²) < 4.78 is 21.2. The van der Waals surface area contributed by atoms with Gasteiger partial charge in [0.2, 0.25) is 12.4 Å². The molecule has 0 spiro atoms. The first kappa shape index (κ1) is 13.1. The molecule has 0 bridgehead atoms. The Labute approximate surface area is 115 Å². The van der Waals surface area contributed by atoms with Gasteiger partial charge in [0.1, 0.15) is 0 Å². The van der Waals surface area contributed by atoms with Crippen LogP contribution in [-0.4, -0.2) is 36.2 Å². The summed E-state index contributed by atoms with van der Waals surface area (Å²) in [7, 11) is 0. The normalized spacial score (nSPS) is 30.7. The minimum atomic E-state index is -1.10. The van der Waals surface area contributed by atoms with Crippen molar-refractivity contribution in [3.63, 3.8) is 0 Å². The molecule has 0 radical (unpaired) electrons. The largest absolute Gasteiger partial charge is 0.444 e. The molecule has 6 heteroatoms. The van der Waals surface area contributed by atoms with Crippen molar-refractivity contribution in [1.82, 2.24) is 0 Å². The fourth-order valence-electron chi connectivity index (χ4n) is 2.24. The average Bonchev–Trinajstić information content (AvgIpc) is 2.84. The fraction of sp³-hybridized carbons (Fsp3) is 0.429. The Morgan fingerprint density at radius 3 is 2.60 bits per heavy atom. The van der Waals surface area contributed by atoms with Gasteiger partial charge in [-0.25, -0.2) is 9.59 Å². The molecule has 3 atom stereocenters. The maximum Gasteiger partial charge on any atom is 0.352 e. The van der Waals surface area contributed by atoms with Crippen molar-refractivity contribution in [3.05, 3.63) is 35.9 Å². The van der Waals surface area contributed by atoms with Gasteiger partial charge in [-0.2, -0.15) is 0 Å². The summed E-state index contributed by atoms with van der Waals surface area (Å²) >= 11 is 0. The van der Waals surface area contributed by atoms with Crippen molar-refractivity contribution >= 4 is 11.9 Å². The Morgan fingerprint density at radius 1 is 1.20 bits per heavy atom. The molecule has 20 heavy (non-hydrogen) atoms. The van der Waals surface area contributed by atoms with Crippen LogP contribution in [0.1, 0.15) is 24.2 Å². The van der Waals surface area contributed by atoms with E-state index < -0.39 is 36.2 Å². The van der Waals surface area contributed by atoms with Crippen molar-refractivity contribution < 1.29 is 28.5 Å². The van der Waals surface area contributed by atoms with Crippen LogP contribution in [0.5, 0.6) is 0 Å². The summed E-state index contributed by atoms with van der Waals surface area (Å²) in [6.45, 7) is 3.41. The molecule has 6 nitrogen and oxygen atoms in total. The first-order valence-corrected chi connectivity index (χ1v) is 6.28. The van der Waals surface area contributed by atoms with E-state index in [0.29, 0.717) is 5.56 Å². The second-order valence-electron chi connectivity index (χ2n) is 5.10. The zero-order valence-electron chi connectivity index (χ0n) is 11.1. The molecule has 0 unspecified atom stereocenters. The van der Waals surface area contributed by atoms with Gasteiger partial charge >= 0.3 is 11.9 Å². The molecule has 0 saturated carbocycles. The molecule has 0 amide bonds. The highest BCUT2D eigenvalue weighted by Crippen LogP contribution is 2.36. The number of benzene rings is 1. The molecule has 2 heterocycles. The molecule has 0 aromatic heterocycles. The molecule has 0 N–H and O–H groups in total. The lowest BCUT2D eigenvalue weighted by Gasteiger charge is -2.19. The van der Waals surface area contributed by atoms with Crippen LogP contribution in [0.3, 0.4) is 0 Å². The number of carbonyl (C=O) groups excluding carboxylic acids is 2. The van der Waals surface area contributed by atoms with Crippen LogP contribution in [-0.2, 0) is 23.7 Å². The molecular formula is C14H14O6. The van der Waals surface area contributed by atoms with E-state index in [2.05, 4.69) is 0 Å². The number of hydrogen-bond donors (Lipinski definition) is 0. The Morgan fingerprint density at radius 2 is 1.90 bits per heavy atom. The number of fused-ring (bicyclic) bond motifs is 1. The predicted molar refractivity (Wildman–Crippen MR) is 65.6 cm³/mol. The van der Waals surface area contributed by atoms with Gasteiger partial charge in [0.25, 0.3) is 0 Å². The van der Waals surface area contributed by atoms with E-state index in [4.69, 9.17) is 18.9 Å². The molecule has 1 aromatic rings. The highest BCUT2D eigenvalue weighted by molar-refractivity contribution is 5.92. The van der Waals surface area contributed by atoms with Crippen molar-refractivity contribution in [3.8, 4) is 0 Å². The standard InChI is InChI=1S/C14H14O6/c1-14(2)19-10-9(12(16)18-13(10)20-14)17-11(15)8-6-4-3-5-7-8/h3-7,9-10,13H,1-2H3/t9-,10-,13-/m1/s1. The smallest absolute Gasteiger partial charge is 0.352 e. The van der Waals surface area contributed by atoms with Gasteiger partial charge in [0.05, 0.1) is 5.56 Å². The third kappa shape index (κ3) is 2.28. The van der Waals surface area contributed by atoms with E-state index >= 15 is 0 Å². The maximum atomic E-state index is 12.0. The van der Waals surface area contributed by atoms with Crippen molar-refractivity contribution in [1.29, 1.82) is 0 Å². The molecule has 2 aliphatic rings. The Hall–Kier alpha value is -1.92.